The van der Waals surface area contributed by atoms with Gasteiger partial charge in [0.2, 0.25) is 0 Å². The van der Waals surface area contributed by atoms with Gasteiger partial charge < -0.3 is 5.32 Å². The highest BCUT2D eigenvalue weighted by molar-refractivity contribution is 8.01. The maximum absolute atomic E-state index is 4.01. The summed E-state index contributed by atoms with van der Waals surface area (Å²) < 4.78 is 1.09. The van der Waals surface area contributed by atoms with E-state index in [1.54, 1.807) is 16.8 Å². The number of nitrogens with zero attached hydrogens (tertiary/aromatic N) is 2. The van der Waals surface area contributed by atoms with Crippen molar-refractivity contribution in [2.75, 3.05) is 12.3 Å². The van der Waals surface area contributed by atoms with E-state index in [0.717, 1.165) is 22.7 Å². The zero-order valence-electron chi connectivity index (χ0n) is 8.27. The third-order valence-electron chi connectivity index (χ3n) is 2.16. The van der Waals surface area contributed by atoms with Gasteiger partial charge in [0.25, 0.3) is 0 Å². The molecule has 0 saturated heterocycles. The van der Waals surface area contributed by atoms with Crippen molar-refractivity contribution >= 4 is 23.1 Å². The number of aromatic nitrogens is 2. The maximum Gasteiger partial charge on any atom is 0.174 e. The molecule has 1 unspecified atom stereocenters. The van der Waals surface area contributed by atoms with Crippen LogP contribution >= 0.6 is 23.1 Å². The second-order valence-electron chi connectivity index (χ2n) is 3.80. The van der Waals surface area contributed by atoms with Crippen LogP contribution in [0.1, 0.15) is 19.8 Å². The number of nitrogens with one attached hydrogen (secondary N) is 1. The molecule has 0 spiro atoms. The third kappa shape index (κ3) is 3.55. The van der Waals surface area contributed by atoms with E-state index in [2.05, 4.69) is 22.4 Å². The lowest BCUT2D eigenvalue weighted by Crippen LogP contribution is -2.24. The largest absolute Gasteiger partial charge is 0.314 e. The van der Waals surface area contributed by atoms with E-state index in [1.165, 1.54) is 12.8 Å². The van der Waals surface area contributed by atoms with Crippen molar-refractivity contribution in [2.24, 2.45) is 5.92 Å². The Bertz CT molecular complexity index is 259. The molecule has 0 amide bonds. The number of rotatable bonds is 6. The van der Waals surface area contributed by atoms with Crippen molar-refractivity contribution in [3.8, 4) is 0 Å². The second-order valence-corrected chi connectivity index (χ2v) is 5.90. The summed E-state index contributed by atoms with van der Waals surface area (Å²) in [4.78, 5) is 0. The molecule has 0 radical (unpaired) electrons. The molecule has 14 heavy (non-hydrogen) atoms. The lowest BCUT2D eigenvalue weighted by Gasteiger charge is -2.10. The van der Waals surface area contributed by atoms with Gasteiger partial charge in [0, 0.05) is 11.8 Å². The molecule has 2 rings (SSSR count). The van der Waals surface area contributed by atoms with Gasteiger partial charge in [-0.25, -0.2) is 0 Å². The van der Waals surface area contributed by atoms with Crippen molar-refractivity contribution in [3.05, 3.63) is 5.51 Å². The van der Waals surface area contributed by atoms with Crippen molar-refractivity contribution in [3.63, 3.8) is 0 Å². The molecule has 0 aromatic carbocycles. The summed E-state index contributed by atoms with van der Waals surface area (Å²) in [5.41, 5.74) is 1.79. The van der Waals surface area contributed by atoms with E-state index < -0.39 is 0 Å². The van der Waals surface area contributed by atoms with Crippen LogP contribution in [0.15, 0.2) is 9.85 Å². The molecule has 1 fully saturated rings. The Kier molecular flexibility index (Phi) is 3.78. The summed E-state index contributed by atoms with van der Waals surface area (Å²) in [6.45, 7) is 3.42. The van der Waals surface area contributed by atoms with Gasteiger partial charge in [0.05, 0.1) is 0 Å². The molecule has 0 aliphatic heterocycles. The molecule has 1 heterocycles. The van der Waals surface area contributed by atoms with Crippen molar-refractivity contribution in [1.29, 1.82) is 0 Å². The van der Waals surface area contributed by atoms with Crippen molar-refractivity contribution in [2.45, 2.75) is 30.1 Å². The highest BCUT2D eigenvalue weighted by Gasteiger charge is 2.20. The van der Waals surface area contributed by atoms with E-state index in [-0.39, 0.29) is 0 Å². The second kappa shape index (κ2) is 5.09. The Morgan fingerprint density at radius 3 is 3.21 bits per heavy atom. The number of hydrogen-bond donors (Lipinski definition) is 1. The van der Waals surface area contributed by atoms with Gasteiger partial charge in [-0.3, -0.25) is 0 Å². The monoisotopic (exact) mass is 229 g/mol. The topological polar surface area (TPSA) is 37.8 Å². The lowest BCUT2D eigenvalue weighted by atomic mass is 10.2. The van der Waals surface area contributed by atoms with Gasteiger partial charge in [-0.05, 0) is 25.3 Å². The average Bonchev–Trinajstić information content (AvgIpc) is 2.87. The smallest absolute Gasteiger partial charge is 0.174 e. The third-order valence-corrected chi connectivity index (χ3v) is 4.35. The first kappa shape index (κ1) is 10.4. The molecule has 5 heteroatoms. The molecule has 1 aliphatic rings. The summed E-state index contributed by atoms with van der Waals surface area (Å²) in [6, 6.07) is 0.823. The Morgan fingerprint density at radius 2 is 2.57 bits per heavy atom. The molecule has 78 valence electrons. The van der Waals surface area contributed by atoms with Crippen LogP contribution in [0.3, 0.4) is 0 Å². The standard InChI is InChI=1S/C9H15N3S2/c1-7(4-10-8-2-3-8)5-13-9-12-11-6-14-9/h6-8,10H,2-5H2,1H3. The normalized spacial score (nSPS) is 18.4. The first-order valence-corrected chi connectivity index (χ1v) is 6.83. The summed E-state index contributed by atoms with van der Waals surface area (Å²) in [6.07, 6.45) is 2.74. The fraction of sp³-hybridized carbons (Fsp3) is 0.778. The molecule has 1 atom stereocenters. The highest BCUT2D eigenvalue weighted by atomic mass is 32.2. The predicted molar refractivity (Wildman–Crippen MR) is 60.8 cm³/mol. The van der Waals surface area contributed by atoms with Gasteiger partial charge in [-0.15, -0.1) is 10.2 Å². The minimum absolute atomic E-state index is 0.712. The molecular formula is C9H15N3S2. The van der Waals surface area contributed by atoms with Crippen LogP contribution in [0.5, 0.6) is 0 Å². The maximum atomic E-state index is 4.01. The van der Waals surface area contributed by atoms with Crippen LogP contribution < -0.4 is 5.32 Å². The van der Waals surface area contributed by atoms with Gasteiger partial charge >= 0.3 is 0 Å². The van der Waals surface area contributed by atoms with E-state index >= 15 is 0 Å². The minimum atomic E-state index is 0.712. The molecular weight excluding hydrogens is 214 g/mol. The van der Waals surface area contributed by atoms with Crippen LogP contribution in [-0.2, 0) is 0 Å². The van der Waals surface area contributed by atoms with Crippen LogP contribution in [-0.4, -0.2) is 28.5 Å². The molecule has 1 saturated carbocycles. The van der Waals surface area contributed by atoms with E-state index in [0.29, 0.717) is 5.92 Å². The van der Waals surface area contributed by atoms with Gasteiger partial charge in [0.1, 0.15) is 5.51 Å². The SMILES string of the molecule is CC(CNC1CC1)CSc1nncs1. The summed E-state index contributed by atoms with van der Waals surface area (Å²) >= 11 is 3.43. The average molecular weight is 229 g/mol. The Labute approximate surface area is 92.7 Å². The molecule has 1 aromatic heterocycles. The first-order chi connectivity index (χ1) is 6.84. The lowest BCUT2D eigenvalue weighted by molar-refractivity contribution is 0.556. The summed E-state index contributed by atoms with van der Waals surface area (Å²) in [5, 5.41) is 11.4. The van der Waals surface area contributed by atoms with E-state index in [1.807, 2.05) is 11.8 Å². The summed E-state index contributed by atoms with van der Waals surface area (Å²) in [5.74, 6) is 1.85. The molecule has 1 aromatic rings. The number of hydrogen-bond acceptors (Lipinski definition) is 5. The fourth-order valence-corrected chi connectivity index (χ4v) is 2.69. The fourth-order valence-electron chi connectivity index (χ4n) is 1.15. The van der Waals surface area contributed by atoms with Crippen molar-refractivity contribution in [1.82, 2.24) is 15.5 Å². The molecule has 1 N–H and O–H groups in total. The van der Waals surface area contributed by atoms with E-state index in [4.69, 9.17) is 0 Å². The first-order valence-electron chi connectivity index (χ1n) is 4.97. The van der Waals surface area contributed by atoms with Gasteiger partial charge in [0.15, 0.2) is 4.34 Å². The van der Waals surface area contributed by atoms with Crippen LogP contribution in [0, 0.1) is 5.92 Å². The Morgan fingerprint density at radius 1 is 1.71 bits per heavy atom. The zero-order valence-corrected chi connectivity index (χ0v) is 9.90. The Balaban J connectivity index is 1.59. The predicted octanol–water partition coefficient (Wildman–Crippen LogP) is 2.02. The molecule has 1 aliphatic carbocycles. The van der Waals surface area contributed by atoms with Gasteiger partial charge in [-0.2, -0.15) is 0 Å². The molecule has 3 nitrogen and oxygen atoms in total. The van der Waals surface area contributed by atoms with Gasteiger partial charge in [-0.1, -0.05) is 30.0 Å². The molecule has 0 bridgehead atoms. The van der Waals surface area contributed by atoms with E-state index in [9.17, 15) is 0 Å². The summed E-state index contributed by atoms with van der Waals surface area (Å²) in [7, 11) is 0. The minimum Gasteiger partial charge on any atom is -0.314 e. The number of thioether (sulfide) groups is 1. The highest BCUT2D eigenvalue weighted by Crippen LogP contribution is 2.22. The van der Waals surface area contributed by atoms with Crippen LogP contribution in [0.25, 0.3) is 0 Å². The quantitative estimate of drug-likeness (QED) is 0.757. The van der Waals surface area contributed by atoms with Crippen LogP contribution in [0.2, 0.25) is 0 Å². The van der Waals surface area contributed by atoms with Crippen molar-refractivity contribution < 1.29 is 0 Å². The van der Waals surface area contributed by atoms with Crippen LogP contribution in [0.4, 0.5) is 0 Å². The Hall–Kier alpha value is -0.130. The zero-order chi connectivity index (χ0) is 9.80.